The predicted octanol–water partition coefficient (Wildman–Crippen LogP) is 1.96. The van der Waals surface area contributed by atoms with Crippen LogP contribution in [0.2, 0.25) is 0 Å². The lowest BCUT2D eigenvalue weighted by Gasteiger charge is -2.31. The summed E-state index contributed by atoms with van der Waals surface area (Å²) in [5.41, 5.74) is 0.0106. The van der Waals surface area contributed by atoms with Gasteiger partial charge in [0.2, 0.25) is 0 Å². The van der Waals surface area contributed by atoms with Crippen molar-refractivity contribution in [1.82, 2.24) is 5.32 Å². The molecular formula is C17H23NO5. The molecule has 0 saturated carbocycles. The van der Waals surface area contributed by atoms with Gasteiger partial charge in [-0.1, -0.05) is 0 Å². The third-order valence-electron chi connectivity index (χ3n) is 3.44. The van der Waals surface area contributed by atoms with Gasteiger partial charge >= 0.3 is 0 Å². The van der Waals surface area contributed by atoms with E-state index in [0.717, 1.165) is 6.42 Å². The van der Waals surface area contributed by atoms with E-state index in [2.05, 4.69) is 5.32 Å². The zero-order valence-corrected chi connectivity index (χ0v) is 13.8. The molecule has 0 spiro atoms. The Balaban J connectivity index is 1.89. The average molecular weight is 321 g/mol. The van der Waals surface area contributed by atoms with Crippen LogP contribution < -0.4 is 14.8 Å². The minimum atomic E-state index is -0.492. The Hall–Kier alpha value is -2.08. The van der Waals surface area contributed by atoms with Crippen LogP contribution in [0.3, 0.4) is 0 Å². The normalized spacial score (nSPS) is 15.5. The molecule has 6 nitrogen and oxygen atoms in total. The quantitative estimate of drug-likeness (QED) is 0.777. The molecule has 2 rings (SSSR count). The first-order valence-electron chi connectivity index (χ1n) is 7.66. The SMILES string of the molecule is COCCCNC(=O)COc1ccc2c(c1)C(=O)CC(C)(C)O2. The lowest BCUT2D eigenvalue weighted by Crippen LogP contribution is -2.35. The van der Waals surface area contributed by atoms with Crippen LogP contribution in [0, 0.1) is 0 Å². The van der Waals surface area contributed by atoms with Crippen LogP contribution in [0.15, 0.2) is 18.2 Å². The summed E-state index contributed by atoms with van der Waals surface area (Å²) in [5, 5.41) is 2.73. The van der Waals surface area contributed by atoms with Crippen molar-refractivity contribution >= 4 is 11.7 Å². The zero-order valence-electron chi connectivity index (χ0n) is 13.8. The number of ketones is 1. The molecule has 6 heteroatoms. The number of carbonyl (C=O) groups excluding carboxylic acids is 2. The first-order chi connectivity index (χ1) is 10.9. The predicted molar refractivity (Wildman–Crippen MR) is 85.1 cm³/mol. The molecule has 0 saturated heterocycles. The van der Waals surface area contributed by atoms with Crippen molar-refractivity contribution in [1.29, 1.82) is 0 Å². The fraction of sp³-hybridized carbons (Fsp3) is 0.529. The molecule has 1 aliphatic rings. The Kier molecular flexibility index (Phi) is 5.60. The van der Waals surface area contributed by atoms with E-state index >= 15 is 0 Å². The number of methoxy groups -OCH3 is 1. The lowest BCUT2D eigenvalue weighted by molar-refractivity contribution is -0.123. The van der Waals surface area contributed by atoms with Crippen molar-refractivity contribution in [2.75, 3.05) is 26.9 Å². The minimum Gasteiger partial charge on any atom is -0.487 e. The Morgan fingerprint density at radius 2 is 2.17 bits per heavy atom. The highest BCUT2D eigenvalue weighted by Crippen LogP contribution is 2.35. The van der Waals surface area contributed by atoms with Gasteiger partial charge in [-0.25, -0.2) is 0 Å². The van der Waals surface area contributed by atoms with E-state index in [1.165, 1.54) is 0 Å². The molecule has 23 heavy (non-hydrogen) atoms. The minimum absolute atomic E-state index is 0.0192. The number of carbonyl (C=O) groups is 2. The summed E-state index contributed by atoms with van der Waals surface area (Å²) in [4.78, 5) is 23.8. The van der Waals surface area contributed by atoms with Crippen LogP contribution in [-0.4, -0.2) is 44.2 Å². The number of rotatable bonds is 7. The molecule has 0 aromatic heterocycles. The number of hydrogen-bond donors (Lipinski definition) is 1. The maximum atomic E-state index is 12.2. The molecular weight excluding hydrogens is 298 g/mol. The largest absolute Gasteiger partial charge is 0.487 e. The van der Waals surface area contributed by atoms with Gasteiger partial charge < -0.3 is 19.5 Å². The molecule has 1 heterocycles. The fourth-order valence-corrected chi connectivity index (χ4v) is 2.37. The number of fused-ring (bicyclic) bond motifs is 1. The lowest BCUT2D eigenvalue weighted by atomic mass is 9.93. The van der Waals surface area contributed by atoms with E-state index < -0.39 is 5.60 Å². The summed E-state index contributed by atoms with van der Waals surface area (Å²) in [5.74, 6) is 0.850. The first kappa shape index (κ1) is 17.3. The van der Waals surface area contributed by atoms with Crippen LogP contribution in [-0.2, 0) is 9.53 Å². The number of Topliss-reactive ketones (excluding diaryl/α,β-unsaturated/α-hetero) is 1. The summed E-state index contributed by atoms with van der Waals surface area (Å²) < 4.78 is 16.1. The van der Waals surface area contributed by atoms with Gasteiger partial charge in [-0.2, -0.15) is 0 Å². The van der Waals surface area contributed by atoms with Crippen molar-refractivity contribution in [3.8, 4) is 11.5 Å². The van der Waals surface area contributed by atoms with E-state index in [9.17, 15) is 9.59 Å². The average Bonchev–Trinajstić information content (AvgIpc) is 2.49. The number of amides is 1. The molecule has 0 unspecified atom stereocenters. The standard InChI is InChI=1S/C17H23NO5/c1-17(2)10-14(19)13-9-12(5-6-15(13)23-17)22-11-16(20)18-7-4-8-21-3/h5-6,9H,4,7-8,10-11H2,1-3H3,(H,18,20). The van der Waals surface area contributed by atoms with Gasteiger partial charge in [0, 0.05) is 20.3 Å². The highest BCUT2D eigenvalue weighted by molar-refractivity contribution is 6.00. The Labute approximate surface area is 136 Å². The van der Waals surface area contributed by atoms with Crippen molar-refractivity contribution in [2.24, 2.45) is 0 Å². The van der Waals surface area contributed by atoms with Crippen LogP contribution in [0.25, 0.3) is 0 Å². The number of ether oxygens (including phenoxy) is 3. The van der Waals surface area contributed by atoms with Crippen molar-refractivity contribution in [3.05, 3.63) is 23.8 Å². The maximum absolute atomic E-state index is 12.2. The van der Waals surface area contributed by atoms with Crippen LogP contribution in [0.1, 0.15) is 37.0 Å². The Bertz CT molecular complexity index is 582. The summed E-state index contributed by atoms with van der Waals surface area (Å²) in [6.45, 7) is 4.82. The van der Waals surface area contributed by atoms with Crippen molar-refractivity contribution in [2.45, 2.75) is 32.3 Å². The highest BCUT2D eigenvalue weighted by Gasteiger charge is 2.32. The van der Waals surface area contributed by atoms with E-state index in [4.69, 9.17) is 14.2 Å². The van der Waals surface area contributed by atoms with Crippen LogP contribution in [0.5, 0.6) is 11.5 Å². The second-order valence-corrected chi connectivity index (χ2v) is 6.10. The van der Waals surface area contributed by atoms with Gasteiger partial charge in [-0.3, -0.25) is 9.59 Å². The van der Waals surface area contributed by atoms with E-state index in [-0.39, 0.29) is 18.3 Å². The van der Waals surface area contributed by atoms with Gasteiger partial charge in [0.25, 0.3) is 5.91 Å². The topological polar surface area (TPSA) is 73.9 Å². The van der Waals surface area contributed by atoms with Crippen molar-refractivity contribution < 1.29 is 23.8 Å². The molecule has 1 amide bonds. The highest BCUT2D eigenvalue weighted by atomic mass is 16.5. The van der Waals surface area contributed by atoms with Gasteiger partial charge in [-0.15, -0.1) is 0 Å². The van der Waals surface area contributed by atoms with E-state index in [1.54, 1.807) is 25.3 Å². The van der Waals surface area contributed by atoms with Gasteiger partial charge in [-0.05, 0) is 38.5 Å². The monoisotopic (exact) mass is 321 g/mol. The van der Waals surface area contributed by atoms with Crippen molar-refractivity contribution in [3.63, 3.8) is 0 Å². The molecule has 1 aliphatic heterocycles. The zero-order chi connectivity index (χ0) is 16.9. The van der Waals surface area contributed by atoms with Crippen LogP contribution >= 0.6 is 0 Å². The smallest absolute Gasteiger partial charge is 0.257 e. The van der Waals surface area contributed by atoms with E-state index in [1.807, 2.05) is 13.8 Å². The molecule has 0 bridgehead atoms. The fourth-order valence-electron chi connectivity index (χ4n) is 2.37. The Morgan fingerprint density at radius 3 is 2.91 bits per heavy atom. The van der Waals surface area contributed by atoms with Gasteiger partial charge in [0.15, 0.2) is 12.4 Å². The second kappa shape index (κ2) is 7.46. The summed E-state index contributed by atoms with van der Waals surface area (Å²) >= 11 is 0. The summed E-state index contributed by atoms with van der Waals surface area (Å²) in [6.07, 6.45) is 1.08. The van der Waals surface area contributed by atoms with Gasteiger partial charge in [0.05, 0.1) is 12.0 Å². The number of hydrogen-bond acceptors (Lipinski definition) is 5. The third-order valence-corrected chi connectivity index (χ3v) is 3.44. The molecule has 0 atom stereocenters. The van der Waals surface area contributed by atoms with Gasteiger partial charge in [0.1, 0.15) is 17.1 Å². The molecule has 0 radical (unpaired) electrons. The molecule has 0 aliphatic carbocycles. The number of nitrogens with one attached hydrogen (secondary N) is 1. The number of benzene rings is 1. The van der Waals surface area contributed by atoms with E-state index in [0.29, 0.717) is 36.6 Å². The molecule has 0 fully saturated rings. The first-order valence-corrected chi connectivity index (χ1v) is 7.66. The maximum Gasteiger partial charge on any atom is 0.257 e. The third kappa shape index (κ3) is 4.96. The Morgan fingerprint density at radius 1 is 1.39 bits per heavy atom. The van der Waals surface area contributed by atoms with Crippen LogP contribution in [0.4, 0.5) is 0 Å². The molecule has 1 aromatic carbocycles. The summed E-state index contributed by atoms with van der Waals surface area (Å²) in [7, 11) is 1.62. The second-order valence-electron chi connectivity index (χ2n) is 6.10. The molecule has 1 N–H and O–H groups in total. The summed E-state index contributed by atoms with van der Waals surface area (Å²) in [6, 6.07) is 5.04. The molecule has 126 valence electrons. The molecule has 1 aromatic rings.